The first-order valence-electron chi connectivity index (χ1n) is 10.6. The van der Waals surface area contributed by atoms with E-state index in [1.807, 2.05) is 30.3 Å². The molecule has 0 fully saturated rings. The van der Waals surface area contributed by atoms with Crippen LogP contribution in [0, 0.1) is 13.8 Å². The van der Waals surface area contributed by atoms with Gasteiger partial charge < -0.3 is 9.15 Å². The first-order valence-corrected chi connectivity index (χ1v) is 11.4. The van der Waals surface area contributed by atoms with Crippen LogP contribution in [0.3, 0.4) is 0 Å². The molecular formula is C24H21F3N4O4S. The van der Waals surface area contributed by atoms with Crippen molar-refractivity contribution in [3.05, 3.63) is 98.3 Å². The Kier molecular flexibility index (Phi) is 7.00. The van der Waals surface area contributed by atoms with Crippen molar-refractivity contribution in [3.63, 3.8) is 0 Å². The molecule has 0 bridgehead atoms. The van der Waals surface area contributed by atoms with Gasteiger partial charge in [-0.2, -0.15) is 13.2 Å². The average Bonchev–Trinajstić information content (AvgIpc) is 3.40. The fourth-order valence-electron chi connectivity index (χ4n) is 3.44. The predicted molar refractivity (Wildman–Crippen MR) is 126 cm³/mol. The molecule has 3 aromatic heterocycles. The molecule has 0 aliphatic rings. The highest BCUT2D eigenvalue weighted by atomic mass is 32.1. The molecule has 0 spiro atoms. The summed E-state index contributed by atoms with van der Waals surface area (Å²) in [7, 11) is 0. The summed E-state index contributed by atoms with van der Waals surface area (Å²) in [4.78, 5) is 29.9. The number of amides is 1. The molecule has 0 radical (unpaired) electrons. The van der Waals surface area contributed by atoms with Crippen LogP contribution in [0.2, 0.25) is 0 Å². The zero-order valence-corrected chi connectivity index (χ0v) is 20.0. The molecule has 0 saturated heterocycles. The summed E-state index contributed by atoms with van der Waals surface area (Å²) in [5.41, 5.74) is 0.535. The van der Waals surface area contributed by atoms with Crippen LogP contribution < -0.4 is 16.1 Å². The van der Waals surface area contributed by atoms with Crippen molar-refractivity contribution < 1.29 is 27.1 Å². The van der Waals surface area contributed by atoms with E-state index >= 15 is 0 Å². The molecule has 2 N–H and O–H groups in total. The topological polar surface area (TPSA) is 104 Å². The number of thiazole rings is 1. The molecule has 0 atom stereocenters. The third-order valence-corrected chi connectivity index (χ3v) is 6.26. The Labute approximate surface area is 207 Å². The van der Waals surface area contributed by atoms with E-state index < -0.39 is 29.9 Å². The molecule has 188 valence electrons. The van der Waals surface area contributed by atoms with E-state index in [4.69, 9.17) is 15.0 Å². The zero-order valence-electron chi connectivity index (χ0n) is 19.2. The van der Waals surface area contributed by atoms with E-state index in [0.29, 0.717) is 10.8 Å². The summed E-state index contributed by atoms with van der Waals surface area (Å²) in [5.74, 6) is 4.30. The number of nitrogens with zero attached hydrogens (tertiary/aromatic N) is 3. The first kappa shape index (κ1) is 25.2. The number of hydrazine groups is 1. The van der Waals surface area contributed by atoms with E-state index in [1.54, 1.807) is 13.0 Å². The fraction of sp³-hybridized carbons (Fsp3) is 0.208. The second-order valence-electron chi connectivity index (χ2n) is 7.90. The average molecular weight is 519 g/mol. The predicted octanol–water partition coefficient (Wildman–Crippen LogP) is 4.62. The molecule has 0 saturated carbocycles. The maximum absolute atomic E-state index is 13.2. The minimum Gasteiger partial charge on any atom is -0.489 e. The number of benzene rings is 1. The number of pyridine rings is 1. The first-order chi connectivity index (χ1) is 17.0. The summed E-state index contributed by atoms with van der Waals surface area (Å²) < 4.78 is 51.3. The van der Waals surface area contributed by atoms with Crippen LogP contribution in [0.5, 0.6) is 5.75 Å². The molecule has 4 rings (SSSR count). The summed E-state index contributed by atoms with van der Waals surface area (Å²) in [6.07, 6.45) is -3.25. The minimum atomic E-state index is -4.72. The molecule has 12 heteroatoms. The van der Waals surface area contributed by atoms with E-state index in [0.717, 1.165) is 16.9 Å². The van der Waals surface area contributed by atoms with Gasteiger partial charge in [0.25, 0.3) is 11.5 Å². The Morgan fingerprint density at radius 3 is 2.58 bits per heavy atom. The monoisotopic (exact) mass is 518 g/mol. The second-order valence-corrected chi connectivity index (χ2v) is 8.88. The third-order valence-electron chi connectivity index (χ3n) is 5.12. The normalized spacial score (nSPS) is 11.5. The molecule has 1 aromatic carbocycles. The van der Waals surface area contributed by atoms with Crippen molar-refractivity contribution in [3.8, 4) is 10.9 Å². The van der Waals surface area contributed by atoms with Gasteiger partial charge in [-0.1, -0.05) is 41.7 Å². The fourth-order valence-corrected chi connectivity index (χ4v) is 4.46. The highest BCUT2D eigenvalue weighted by molar-refractivity contribution is 7.16. The van der Waals surface area contributed by atoms with Gasteiger partial charge in [0, 0.05) is 17.8 Å². The minimum absolute atomic E-state index is 0.0463. The third kappa shape index (κ3) is 5.50. The standard InChI is InChI=1S/C24H21F3N4O4S/c1-14-10-17(21(35-14)24(25,26)27)12-31(28)22(33)20-15(2)29-23(36-20)30-9-8-18(11-19(30)32)34-13-16-6-4-3-5-7-16/h3-11H,12-13,28H2,1-2H3. The van der Waals surface area contributed by atoms with Gasteiger partial charge in [-0.3, -0.25) is 19.2 Å². The largest absolute Gasteiger partial charge is 0.489 e. The molecule has 0 aliphatic carbocycles. The number of aryl methyl sites for hydroxylation is 2. The van der Waals surface area contributed by atoms with Gasteiger partial charge in [-0.25, -0.2) is 10.8 Å². The number of carbonyl (C=O) groups is 1. The van der Waals surface area contributed by atoms with Gasteiger partial charge in [0.05, 0.1) is 12.2 Å². The number of nitrogens with two attached hydrogens (primary N) is 1. The highest BCUT2D eigenvalue weighted by Crippen LogP contribution is 2.34. The SMILES string of the molecule is Cc1cc(CN(N)C(=O)c2sc(-n3ccc(OCc4ccccc4)cc3=O)nc2C)c(C(F)(F)F)o1. The number of hydrogen-bond acceptors (Lipinski definition) is 7. The van der Waals surface area contributed by atoms with Crippen LogP contribution in [0.1, 0.15) is 38.0 Å². The van der Waals surface area contributed by atoms with Crippen molar-refractivity contribution >= 4 is 17.2 Å². The number of hydrogen-bond donors (Lipinski definition) is 1. The van der Waals surface area contributed by atoms with Crippen molar-refractivity contribution in [2.75, 3.05) is 0 Å². The highest BCUT2D eigenvalue weighted by Gasteiger charge is 2.38. The number of rotatable bonds is 7. The Morgan fingerprint density at radius 1 is 1.19 bits per heavy atom. The van der Waals surface area contributed by atoms with Crippen LogP contribution in [0.15, 0.2) is 63.9 Å². The lowest BCUT2D eigenvalue weighted by molar-refractivity contribution is -0.154. The molecule has 0 unspecified atom stereocenters. The molecule has 8 nitrogen and oxygen atoms in total. The Morgan fingerprint density at radius 2 is 1.92 bits per heavy atom. The molecule has 36 heavy (non-hydrogen) atoms. The number of furan rings is 1. The van der Waals surface area contributed by atoms with Crippen LogP contribution in [-0.2, 0) is 19.3 Å². The van der Waals surface area contributed by atoms with E-state index in [1.165, 1.54) is 29.8 Å². The number of aromatic nitrogens is 2. The maximum atomic E-state index is 13.2. The van der Waals surface area contributed by atoms with Gasteiger partial charge in [-0.05, 0) is 31.5 Å². The lowest BCUT2D eigenvalue weighted by Crippen LogP contribution is -2.37. The lowest BCUT2D eigenvalue weighted by Gasteiger charge is -2.16. The van der Waals surface area contributed by atoms with Crippen LogP contribution >= 0.6 is 11.3 Å². The Balaban J connectivity index is 1.50. The maximum Gasteiger partial charge on any atom is 0.449 e. The Hall–Kier alpha value is -3.90. The van der Waals surface area contributed by atoms with E-state index in [9.17, 15) is 22.8 Å². The van der Waals surface area contributed by atoms with Crippen LogP contribution in [0.25, 0.3) is 5.13 Å². The van der Waals surface area contributed by atoms with Crippen molar-refractivity contribution in [1.82, 2.24) is 14.6 Å². The van der Waals surface area contributed by atoms with Gasteiger partial charge in [0.15, 0.2) is 5.13 Å². The second kappa shape index (κ2) is 9.99. The summed E-state index contributed by atoms with van der Waals surface area (Å²) in [5, 5.41) is 0.867. The van der Waals surface area contributed by atoms with Crippen molar-refractivity contribution in [1.29, 1.82) is 0 Å². The van der Waals surface area contributed by atoms with Crippen LogP contribution in [-0.4, -0.2) is 20.5 Å². The van der Waals surface area contributed by atoms with E-state index in [2.05, 4.69) is 4.98 Å². The smallest absolute Gasteiger partial charge is 0.449 e. The van der Waals surface area contributed by atoms with Crippen molar-refractivity contribution in [2.45, 2.75) is 33.2 Å². The summed E-state index contributed by atoms with van der Waals surface area (Å²) >= 11 is 0.899. The number of halogens is 3. The molecular weight excluding hydrogens is 497 g/mol. The number of alkyl halides is 3. The van der Waals surface area contributed by atoms with Gasteiger partial charge in [0.1, 0.15) is 23.0 Å². The molecule has 0 aliphatic heterocycles. The van der Waals surface area contributed by atoms with Gasteiger partial charge in [-0.15, -0.1) is 0 Å². The lowest BCUT2D eigenvalue weighted by atomic mass is 10.2. The summed E-state index contributed by atoms with van der Waals surface area (Å²) in [6, 6.07) is 13.5. The molecule has 3 heterocycles. The van der Waals surface area contributed by atoms with Crippen LogP contribution in [0.4, 0.5) is 13.2 Å². The van der Waals surface area contributed by atoms with Gasteiger partial charge in [0.2, 0.25) is 5.76 Å². The molecule has 1 amide bonds. The number of ether oxygens (including phenoxy) is 1. The molecule has 4 aromatic rings. The zero-order chi connectivity index (χ0) is 26.0. The summed E-state index contributed by atoms with van der Waals surface area (Å²) in [6.45, 7) is 2.69. The van der Waals surface area contributed by atoms with E-state index in [-0.39, 0.29) is 33.6 Å². The van der Waals surface area contributed by atoms with Gasteiger partial charge >= 0.3 is 6.18 Å². The number of carbonyl (C=O) groups excluding carboxylic acids is 1. The Bertz CT molecular complexity index is 1440. The quantitative estimate of drug-likeness (QED) is 0.218. The van der Waals surface area contributed by atoms with Crippen molar-refractivity contribution in [2.24, 2.45) is 5.84 Å².